The second kappa shape index (κ2) is 9.50. The van der Waals surface area contributed by atoms with Crippen LogP contribution in [0.2, 0.25) is 0 Å². The number of carboxylic acid groups (broad SMARTS) is 1. The van der Waals surface area contributed by atoms with Gasteiger partial charge in [-0.25, -0.2) is 14.2 Å². The molecule has 10 heteroatoms. The van der Waals surface area contributed by atoms with E-state index in [9.17, 15) is 14.7 Å². The summed E-state index contributed by atoms with van der Waals surface area (Å²) < 4.78 is 17.2. The monoisotopic (exact) mass is 519 g/mol. The second-order valence-electron chi connectivity index (χ2n) is 10.8. The Morgan fingerprint density at radius 1 is 1.26 bits per heavy atom. The summed E-state index contributed by atoms with van der Waals surface area (Å²) in [5, 5.41) is 17.6. The highest BCUT2D eigenvalue weighted by Gasteiger charge is 2.43. The predicted octanol–water partition coefficient (Wildman–Crippen LogP) is 3.72. The molecule has 0 radical (unpaired) electrons. The first-order valence-electron chi connectivity index (χ1n) is 13.0. The van der Waals surface area contributed by atoms with Crippen LogP contribution in [0.5, 0.6) is 0 Å². The molecule has 1 aromatic carbocycles. The molecule has 198 valence electrons. The highest BCUT2D eigenvalue weighted by atomic mass is 19.1. The fourth-order valence-electron chi connectivity index (χ4n) is 5.05. The van der Waals surface area contributed by atoms with Crippen LogP contribution in [0.4, 0.5) is 10.2 Å². The number of anilines is 1. The summed E-state index contributed by atoms with van der Waals surface area (Å²) in [5.74, 6) is -1.87. The van der Waals surface area contributed by atoms with Gasteiger partial charge in [0.05, 0.1) is 17.6 Å². The maximum Gasteiger partial charge on any atom is 0.341 e. The fourth-order valence-corrected chi connectivity index (χ4v) is 5.05. The highest BCUT2D eigenvalue weighted by Crippen LogP contribution is 2.38. The lowest BCUT2D eigenvalue weighted by atomic mass is 9.88. The third-order valence-electron chi connectivity index (χ3n) is 7.59. The number of benzene rings is 1. The van der Waals surface area contributed by atoms with Crippen molar-refractivity contribution in [2.45, 2.75) is 51.3 Å². The van der Waals surface area contributed by atoms with E-state index in [1.165, 1.54) is 6.20 Å². The van der Waals surface area contributed by atoms with Gasteiger partial charge in [0.15, 0.2) is 11.6 Å². The number of fused-ring (bicyclic) bond motifs is 1. The Bertz CT molecular complexity index is 1480. The fraction of sp³-hybridized carbons (Fsp3) is 0.429. The molecule has 2 saturated carbocycles. The largest absolute Gasteiger partial charge is 0.477 e. The first-order chi connectivity index (χ1) is 18.3. The van der Waals surface area contributed by atoms with Crippen LogP contribution in [0, 0.1) is 11.2 Å². The van der Waals surface area contributed by atoms with Crippen molar-refractivity contribution in [2.75, 3.05) is 24.5 Å². The molecule has 6 rings (SSSR count). The number of hydrogen-bond acceptors (Lipinski definition) is 7. The Morgan fingerprint density at radius 3 is 2.71 bits per heavy atom. The number of nitrogens with zero attached hydrogens (tertiary/aromatic N) is 4. The number of aromatic nitrogens is 2. The molecule has 2 aromatic heterocycles. The minimum Gasteiger partial charge on any atom is -0.477 e. The first kappa shape index (κ1) is 24.5. The quantitative estimate of drug-likeness (QED) is 0.415. The van der Waals surface area contributed by atoms with Gasteiger partial charge < -0.3 is 24.7 Å². The van der Waals surface area contributed by atoms with Gasteiger partial charge in [-0.3, -0.25) is 4.79 Å². The van der Waals surface area contributed by atoms with Crippen LogP contribution in [-0.4, -0.2) is 52.0 Å². The Hall–Kier alpha value is -3.79. The molecule has 0 amide bonds. The molecule has 2 aliphatic carbocycles. The summed E-state index contributed by atoms with van der Waals surface area (Å²) in [4.78, 5) is 36.7. The van der Waals surface area contributed by atoms with E-state index >= 15 is 4.39 Å². The van der Waals surface area contributed by atoms with Crippen LogP contribution in [-0.2, 0) is 11.4 Å². The summed E-state index contributed by atoms with van der Waals surface area (Å²) in [6.45, 7) is 3.89. The van der Waals surface area contributed by atoms with Gasteiger partial charge in [-0.15, -0.1) is 0 Å². The van der Waals surface area contributed by atoms with Crippen molar-refractivity contribution in [3.63, 3.8) is 0 Å². The first-order valence-corrected chi connectivity index (χ1v) is 13.0. The van der Waals surface area contributed by atoms with Crippen molar-refractivity contribution < 1.29 is 19.1 Å². The second-order valence-corrected chi connectivity index (χ2v) is 10.8. The molecule has 38 heavy (non-hydrogen) atoms. The zero-order chi connectivity index (χ0) is 26.4. The minimum absolute atomic E-state index is 0.0181. The predicted molar refractivity (Wildman–Crippen MR) is 141 cm³/mol. The van der Waals surface area contributed by atoms with Crippen molar-refractivity contribution in [2.24, 2.45) is 10.6 Å². The van der Waals surface area contributed by atoms with Crippen LogP contribution in [0.25, 0.3) is 11.0 Å². The van der Waals surface area contributed by atoms with E-state index in [1.54, 1.807) is 4.57 Å². The number of oxime groups is 1. The van der Waals surface area contributed by atoms with E-state index < -0.39 is 22.6 Å². The number of rotatable bonds is 9. The third-order valence-corrected chi connectivity index (χ3v) is 7.59. The Kier molecular flexibility index (Phi) is 6.14. The van der Waals surface area contributed by atoms with E-state index in [4.69, 9.17) is 4.84 Å². The summed E-state index contributed by atoms with van der Waals surface area (Å²) in [6.07, 6.45) is 5.35. The van der Waals surface area contributed by atoms with Crippen LogP contribution in [0.15, 0.2) is 52.5 Å². The number of aromatic carboxylic acids is 1. The Morgan fingerprint density at radius 2 is 2.03 bits per heavy atom. The van der Waals surface area contributed by atoms with E-state index in [0.29, 0.717) is 37.9 Å². The zero-order valence-electron chi connectivity index (χ0n) is 21.2. The number of nitrogens with one attached hydrogen (secondary N) is 1. The third kappa shape index (κ3) is 4.76. The molecular formula is C28H30FN5O4. The van der Waals surface area contributed by atoms with Gasteiger partial charge in [-0.1, -0.05) is 42.4 Å². The van der Waals surface area contributed by atoms with Crippen LogP contribution >= 0.6 is 0 Å². The minimum atomic E-state index is -1.33. The molecule has 0 bridgehead atoms. The lowest BCUT2D eigenvalue weighted by Gasteiger charge is -2.25. The lowest BCUT2D eigenvalue weighted by molar-refractivity contribution is 0.0695. The lowest BCUT2D eigenvalue weighted by Crippen LogP contribution is -2.39. The maximum atomic E-state index is 15.5. The van der Waals surface area contributed by atoms with Crippen molar-refractivity contribution >= 4 is 28.5 Å². The molecule has 1 unspecified atom stereocenters. The molecule has 1 atom stereocenters. The van der Waals surface area contributed by atoms with Crippen LogP contribution in [0.1, 0.15) is 54.6 Å². The molecule has 2 N–H and O–H groups in total. The molecule has 3 heterocycles. The average molecular weight is 520 g/mol. The zero-order valence-corrected chi connectivity index (χ0v) is 21.2. The van der Waals surface area contributed by atoms with Crippen molar-refractivity contribution in [3.05, 3.63) is 69.8 Å². The van der Waals surface area contributed by atoms with Gasteiger partial charge in [0.2, 0.25) is 5.43 Å². The molecule has 1 aliphatic heterocycles. The smallest absolute Gasteiger partial charge is 0.341 e. The number of hydrogen-bond donors (Lipinski definition) is 2. The molecule has 1 saturated heterocycles. The summed E-state index contributed by atoms with van der Waals surface area (Å²) in [7, 11) is 0. The molecule has 3 aliphatic rings. The van der Waals surface area contributed by atoms with Crippen molar-refractivity contribution in [3.8, 4) is 0 Å². The Labute approximate surface area is 218 Å². The number of carboxylic acids is 1. The van der Waals surface area contributed by atoms with Crippen molar-refractivity contribution in [1.29, 1.82) is 0 Å². The van der Waals surface area contributed by atoms with Crippen LogP contribution < -0.4 is 15.6 Å². The standard InChI is InChI=1S/C28H30FN5O4/c1-28(15-30-18-7-8-18)16-33(13-23(28)32-38-14-17-5-3-2-4-6-17)26-22(29)11-20-24(35)21(27(36)37)12-34(19-9-10-19)25(20)31-26/h2-6,11-12,18-19,30H,7-10,13-16H2,1H3,(H,36,37)/b32-23-. The summed E-state index contributed by atoms with van der Waals surface area (Å²) in [6, 6.07) is 11.5. The summed E-state index contributed by atoms with van der Waals surface area (Å²) >= 11 is 0. The van der Waals surface area contributed by atoms with E-state index in [0.717, 1.165) is 43.0 Å². The SMILES string of the molecule is CC1(CNC2CC2)CN(c2nc3c(cc2F)c(=O)c(C(=O)O)cn3C2CC2)C/C1=N/OCc1ccccc1. The number of carbonyl (C=O) groups is 1. The van der Waals surface area contributed by atoms with Gasteiger partial charge in [-0.05, 0) is 37.3 Å². The maximum absolute atomic E-state index is 15.5. The van der Waals surface area contributed by atoms with E-state index in [-0.39, 0.29) is 22.8 Å². The average Bonchev–Trinajstić information content (AvgIpc) is 3.83. The number of pyridine rings is 2. The molecular weight excluding hydrogens is 489 g/mol. The number of halogens is 1. The molecule has 3 fully saturated rings. The van der Waals surface area contributed by atoms with Gasteiger partial charge in [0.1, 0.15) is 17.8 Å². The van der Waals surface area contributed by atoms with E-state index in [1.807, 2.05) is 35.2 Å². The van der Waals surface area contributed by atoms with Crippen LogP contribution in [0.3, 0.4) is 0 Å². The van der Waals surface area contributed by atoms with Gasteiger partial charge in [0.25, 0.3) is 0 Å². The van der Waals surface area contributed by atoms with Crippen molar-refractivity contribution in [1.82, 2.24) is 14.9 Å². The molecule has 9 nitrogen and oxygen atoms in total. The van der Waals surface area contributed by atoms with Gasteiger partial charge in [-0.2, -0.15) is 0 Å². The van der Waals surface area contributed by atoms with E-state index in [2.05, 4.69) is 22.4 Å². The van der Waals surface area contributed by atoms with Gasteiger partial charge in [0, 0.05) is 36.8 Å². The molecule has 0 spiro atoms. The topological polar surface area (TPSA) is 109 Å². The van der Waals surface area contributed by atoms with Gasteiger partial charge >= 0.3 is 5.97 Å². The summed E-state index contributed by atoms with van der Waals surface area (Å²) in [5.41, 5.74) is 0.602. The normalized spacial score (nSPS) is 22.4. The highest BCUT2D eigenvalue weighted by molar-refractivity contribution is 5.97. The Balaban J connectivity index is 1.34. The molecule has 3 aromatic rings.